The topological polar surface area (TPSA) is 94.1 Å². The van der Waals surface area contributed by atoms with Gasteiger partial charge in [-0.3, -0.25) is 9.59 Å². The first kappa shape index (κ1) is 19.4. The van der Waals surface area contributed by atoms with Gasteiger partial charge in [-0.05, 0) is 25.3 Å². The van der Waals surface area contributed by atoms with E-state index >= 15 is 0 Å². The molecule has 1 atom stereocenters. The Bertz CT molecular complexity index is 804. The summed E-state index contributed by atoms with van der Waals surface area (Å²) in [5.74, 6) is 0.983. The highest BCUT2D eigenvalue weighted by atomic mass is 32.2. The van der Waals surface area contributed by atoms with Gasteiger partial charge in [-0.25, -0.2) is 0 Å². The highest BCUT2D eigenvalue weighted by molar-refractivity contribution is 8.00. The molecule has 0 aliphatic heterocycles. The Labute approximate surface area is 163 Å². The van der Waals surface area contributed by atoms with E-state index in [0.717, 1.165) is 24.2 Å². The summed E-state index contributed by atoms with van der Waals surface area (Å²) in [5.41, 5.74) is 6.39. The van der Waals surface area contributed by atoms with E-state index in [2.05, 4.69) is 10.2 Å². The van der Waals surface area contributed by atoms with Crippen molar-refractivity contribution in [1.29, 1.82) is 0 Å². The summed E-state index contributed by atoms with van der Waals surface area (Å²) in [5, 5.41) is 8.94. The first-order valence-corrected chi connectivity index (χ1v) is 10.0. The molecule has 2 amide bonds. The Hall–Kier alpha value is -2.35. The van der Waals surface area contributed by atoms with Crippen LogP contribution in [0.2, 0.25) is 0 Å². The predicted molar refractivity (Wildman–Crippen MR) is 104 cm³/mol. The number of nitrogens with two attached hydrogens (primary N) is 1. The first-order chi connectivity index (χ1) is 13.0. The number of rotatable bonds is 9. The highest BCUT2D eigenvalue weighted by Crippen LogP contribution is 2.40. The van der Waals surface area contributed by atoms with Crippen LogP contribution in [0.1, 0.15) is 43.5 Å². The maximum atomic E-state index is 12.8. The third kappa shape index (κ3) is 5.09. The Kier molecular flexibility index (Phi) is 6.15. The first-order valence-electron chi connectivity index (χ1n) is 9.12. The van der Waals surface area contributed by atoms with Crippen molar-refractivity contribution in [3.8, 4) is 0 Å². The molecular formula is C19H25N5O2S. The van der Waals surface area contributed by atoms with Crippen LogP contribution in [0.4, 0.5) is 0 Å². The number of hydrogen-bond acceptors (Lipinski definition) is 5. The van der Waals surface area contributed by atoms with Crippen molar-refractivity contribution in [3.05, 3.63) is 41.7 Å². The molecule has 0 radical (unpaired) electrons. The molecule has 1 saturated carbocycles. The van der Waals surface area contributed by atoms with Gasteiger partial charge in [0.1, 0.15) is 5.82 Å². The van der Waals surface area contributed by atoms with Crippen LogP contribution in [-0.2, 0) is 22.7 Å². The Morgan fingerprint density at radius 2 is 2.00 bits per heavy atom. The van der Waals surface area contributed by atoms with E-state index in [4.69, 9.17) is 5.73 Å². The summed E-state index contributed by atoms with van der Waals surface area (Å²) in [6.07, 6.45) is 2.42. The Balaban J connectivity index is 1.66. The summed E-state index contributed by atoms with van der Waals surface area (Å²) in [6.45, 7) is 2.89. The average Bonchev–Trinajstić information content (AvgIpc) is 3.42. The molecule has 1 aliphatic rings. The van der Waals surface area contributed by atoms with Crippen molar-refractivity contribution in [3.63, 3.8) is 0 Å². The second-order valence-corrected chi connectivity index (χ2v) is 8.23. The van der Waals surface area contributed by atoms with Crippen LogP contribution in [0.3, 0.4) is 0 Å². The smallest absolute Gasteiger partial charge is 0.235 e. The summed E-state index contributed by atoms with van der Waals surface area (Å²) < 4.78 is 1.95. The number of thioether (sulfide) groups is 1. The molecule has 1 unspecified atom stereocenters. The Morgan fingerprint density at radius 1 is 1.30 bits per heavy atom. The molecule has 0 bridgehead atoms. The predicted octanol–water partition coefficient (Wildman–Crippen LogP) is 2.17. The lowest BCUT2D eigenvalue weighted by atomic mass is 10.2. The highest BCUT2D eigenvalue weighted by Gasteiger charge is 2.31. The van der Waals surface area contributed by atoms with Crippen LogP contribution in [0.15, 0.2) is 35.5 Å². The number of amides is 2. The molecule has 1 heterocycles. The molecule has 27 heavy (non-hydrogen) atoms. The van der Waals surface area contributed by atoms with Crippen molar-refractivity contribution >= 4 is 23.6 Å². The zero-order chi connectivity index (χ0) is 19.4. The molecule has 0 saturated heterocycles. The number of hydrogen-bond donors (Lipinski definition) is 1. The fraction of sp³-hybridized carbons (Fsp3) is 0.474. The van der Waals surface area contributed by atoms with Gasteiger partial charge < -0.3 is 15.2 Å². The van der Waals surface area contributed by atoms with E-state index in [1.807, 2.05) is 41.8 Å². The zero-order valence-corrected chi connectivity index (χ0v) is 16.5. The number of benzene rings is 1. The van der Waals surface area contributed by atoms with Gasteiger partial charge in [-0.2, -0.15) is 0 Å². The number of aromatic nitrogens is 3. The monoisotopic (exact) mass is 387 g/mol. The molecule has 2 N–H and O–H groups in total. The van der Waals surface area contributed by atoms with Gasteiger partial charge >= 0.3 is 0 Å². The van der Waals surface area contributed by atoms with Crippen molar-refractivity contribution < 1.29 is 9.59 Å². The van der Waals surface area contributed by atoms with Crippen LogP contribution in [-0.4, -0.2) is 43.8 Å². The fourth-order valence-electron chi connectivity index (χ4n) is 2.92. The van der Waals surface area contributed by atoms with Crippen LogP contribution >= 0.6 is 11.8 Å². The maximum Gasteiger partial charge on any atom is 0.235 e. The van der Waals surface area contributed by atoms with Crippen molar-refractivity contribution in [1.82, 2.24) is 19.7 Å². The van der Waals surface area contributed by atoms with Crippen LogP contribution in [0, 0.1) is 0 Å². The van der Waals surface area contributed by atoms with E-state index in [-0.39, 0.29) is 23.5 Å². The molecule has 7 nitrogen and oxygen atoms in total. The van der Waals surface area contributed by atoms with Gasteiger partial charge in [0.2, 0.25) is 11.8 Å². The number of primary amides is 1. The standard InChI is InChI=1S/C19H25N5O2S/c1-13(18(26)23(2)12-14-6-4-3-5-7-14)27-19-22-21-17(15-8-9-15)24(19)11-10-16(20)25/h3-7,13,15H,8-12H2,1-2H3,(H2,20,25). The van der Waals surface area contributed by atoms with E-state index in [0.29, 0.717) is 24.2 Å². The fourth-order valence-corrected chi connectivity index (χ4v) is 3.91. The number of nitrogens with zero attached hydrogens (tertiary/aromatic N) is 4. The van der Waals surface area contributed by atoms with Gasteiger partial charge in [-0.15, -0.1) is 10.2 Å². The molecule has 3 rings (SSSR count). The molecule has 0 spiro atoms. The average molecular weight is 388 g/mol. The second kappa shape index (κ2) is 8.56. The van der Waals surface area contributed by atoms with Crippen LogP contribution in [0.25, 0.3) is 0 Å². The van der Waals surface area contributed by atoms with Gasteiger partial charge in [-0.1, -0.05) is 42.1 Å². The minimum absolute atomic E-state index is 0.0290. The van der Waals surface area contributed by atoms with Gasteiger partial charge in [0.25, 0.3) is 0 Å². The maximum absolute atomic E-state index is 12.8. The summed E-state index contributed by atoms with van der Waals surface area (Å²) in [6, 6.07) is 9.90. The van der Waals surface area contributed by atoms with Crippen molar-refractivity contribution in [2.24, 2.45) is 5.73 Å². The van der Waals surface area contributed by atoms with Gasteiger partial charge in [0.05, 0.1) is 5.25 Å². The third-order valence-electron chi connectivity index (χ3n) is 4.54. The molecule has 1 aromatic carbocycles. The second-order valence-electron chi connectivity index (χ2n) is 6.92. The zero-order valence-electron chi connectivity index (χ0n) is 15.7. The van der Waals surface area contributed by atoms with E-state index in [1.54, 1.807) is 11.9 Å². The molecule has 1 aliphatic carbocycles. The van der Waals surface area contributed by atoms with E-state index in [1.165, 1.54) is 11.8 Å². The molecule has 1 aromatic heterocycles. The van der Waals surface area contributed by atoms with Crippen LogP contribution < -0.4 is 5.73 Å². The summed E-state index contributed by atoms with van der Waals surface area (Å²) in [4.78, 5) is 25.7. The minimum atomic E-state index is -0.354. The van der Waals surface area contributed by atoms with E-state index < -0.39 is 0 Å². The van der Waals surface area contributed by atoms with Gasteiger partial charge in [0, 0.05) is 32.5 Å². The lowest BCUT2D eigenvalue weighted by molar-refractivity contribution is -0.129. The number of carbonyl (C=O) groups is 2. The molecule has 2 aromatic rings. The molecule has 144 valence electrons. The van der Waals surface area contributed by atoms with E-state index in [9.17, 15) is 9.59 Å². The third-order valence-corrected chi connectivity index (χ3v) is 5.61. The summed E-state index contributed by atoms with van der Waals surface area (Å²) in [7, 11) is 1.81. The lowest BCUT2D eigenvalue weighted by Crippen LogP contribution is -2.33. The molecular weight excluding hydrogens is 362 g/mol. The Morgan fingerprint density at radius 3 is 2.63 bits per heavy atom. The van der Waals surface area contributed by atoms with Crippen LogP contribution in [0.5, 0.6) is 0 Å². The molecule has 1 fully saturated rings. The van der Waals surface area contributed by atoms with Crippen molar-refractivity contribution in [2.45, 2.75) is 55.6 Å². The van der Waals surface area contributed by atoms with Gasteiger partial charge in [0.15, 0.2) is 5.16 Å². The summed E-state index contributed by atoms with van der Waals surface area (Å²) >= 11 is 1.38. The lowest BCUT2D eigenvalue weighted by Gasteiger charge is -2.21. The largest absolute Gasteiger partial charge is 0.370 e. The molecule has 8 heteroatoms. The minimum Gasteiger partial charge on any atom is -0.370 e. The quantitative estimate of drug-likeness (QED) is 0.666. The number of carbonyl (C=O) groups excluding carboxylic acids is 2. The van der Waals surface area contributed by atoms with Crippen molar-refractivity contribution in [2.75, 3.05) is 7.05 Å². The SMILES string of the molecule is CC(Sc1nnc(C2CC2)n1CCC(N)=O)C(=O)N(C)Cc1ccccc1. The normalized spacial score (nSPS) is 14.7.